The van der Waals surface area contributed by atoms with Gasteiger partial charge in [-0.05, 0) is 101 Å². The topological polar surface area (TPSA) is 115 Å². The van der Waals surface area contributed by atoms with Gasteiger partial charge in [0.15, 0.2) is 5.78 Å². The first-order chi connectivity index (χ1) is 20.5. The van der Waals surface area contributed by atoms with E-state index in [-0.39, 0.29) is 37.0 Å². The molecule has 3 N–H and O–H groups in total. The number of carbonyl (C=O) groups is 2. The van der Waals surface area contributed by atoms with Crippen LogP contribution in [0.3, 0.4) is 0 Å². The maximum Gasteiger partial charge on any atom is 0.231 e. The predicted molar refractivity (Wildman–Crippen MR) is 161 cm³/mol. The van der Waals surface area contributed by atoms with E-state index in [1.54, 1.807) is 32.0 Å². The first kappa shape index (κ1) is 29.1. The summed E-state index contributed by atoms with van der Waals surface area (Å²) in [7, 11) is 0. The number of anilines is 1. The smallest absolute Gasteiger partial charge is 0.231 e. The van der Waals surface area contributed by atoms with Gasteiger partial charge in [-0.25, -0.2) is 9.37 Å². The fourth-order valence-corrected chi connectivity index (χ4v) is 5.84. The van der Waals surface area contributed by atoms with Crippen LogP contribution in [0, 0.1) is 5.82 Å². The molecule has 3 aliphatic rings. The maximum atomic E-state index is 13.7. The van der Waals surface area contributed by atoms with Crippen LogP contribution in [0.25, 0.3) is 11.3 Å². The van der Waals surface area contributed by atoms with Gasteiger partial charge < -0.3 is 25.2 Å². The van der Waals surface area contributed by atoms with Gasteiger partial charge in [0.2, 0.25) is 5.91 Å². The third-order valence-electron chi connectivity index (χ3n) is 8.92. The lowest BCUT2D eigenvalue weighted by molar-refractivity contribution is -0.123. The number of aromatic nitrogens is 1. The molecule has 1 aliphatic carbocycles. The molecular formula is C34H38FN3O5. The van der Waals surface area contributed by atoms with E-state index in [0.717, 1.165) is 50.2 Å². The SMILES string of the molecule is C[C@](O)(CCC(=O)c1ccc(N2CCCCC2)c(OC2CC2)c1)c1cc2c(c(-c3ccc(F)cc3)n1)OC[C@]2(C)C(N)=O. The van der Waals surface area contributed by atoms with Crippen molar-refractivity contribution in [1.29, 1.82) is 0 Å². The normalized spacial score (nSPS) is 21.1. The van der Waals surface area contributed by atoms with Crippen molar-refractivity contribution in [2.75, 3.05) is 24.6 Å². The largest absolute Gasteiger partial charge is 0.489 e. The number of amides is 1. The van der Waals surface area contributed by atoms with E-state index in [2.05, 4.69) is 4.90 Å². The van der Waals surface area contributed by atoms with E-state index in [1.807, 2.05) is 18.2 Å². The minimum atomic E-state index is -1.53. The number of ether oxygens (including phenoxy) is 2. The number of primary amides is 1. The van der Waals surface area contributed by atoms with Crippen LogP contribution < -0.4 is 20.1 Å². The van der Waals surface area contributed by atoms with Crippen LogP contribution in [0.15, 0.2) is 48.5 Å². The molecular weight excluding hydrogens is 549 g/mol. The number of nitrogens with zero attached hydrogens (tertiary/aromatic N) is 2. The average Bonchev–Trinajstić information content (AvgIpc) is 3.76. The fourth-order valence-electron chi connectivity index (χ4n) is 5.84. The molecule has 0 bridgehead atoms. The molecule has 1 amide bonds. The highest BCUT2D eigenvalue weighted by molar-refractivity contribution is 5.97. The summed E-state index contributed by atoms with van der Waals surface area (Å²) in [5.41, 5.74) is 6.40. The summed E-state index contributed by atoms with van der Waals surface area (Å²) in [5.74, 6) is 0.0361. The van der Waals surface area contributed by atoms with Crippen molar-refractivity contribution in [3.05, 3.63) is 71.2 Å². The van der Waals surface area contributed by atoms with Crippen LogP contribution in [0.4, 0.5) is 10.1 Å². The first-order valence-electron chi connectivity index (χ1n) is 15.1. The Hall–Kier alpha value is -3.98. The molecule has 1 aromatic heterocycles. The molecule has 2 aliphatic heterocycles. The van der Waals surface area contributed by atoms with E-state index < -0.39 is 22.7 Å². The first-order valence-corrected chi connectivity index (χ1v) is 15.1. The Morgan fingerprint density at radius 1 is 1.14 bits per heavy atom. The number of piperidine rings is 1. The van der Waals surface area contributed by atoms with E-state index >= 15 is 0 Å². The monoisotopic (exact) mass is 587 g/mol. The molecule has 8 nitrogen and oxygen atoms in total. The summed E-state index contributed by atoms with van der Waals surface area (Å²) >= 11 is 0. The van der Waals surface area contributed by atoms with Crippen molar-refractivity contribution in [2.24, 2.45) is 5.73 Å². The molecule has 1 saturated heterocycles. The van der Waals surface area contributed by atoms with E-state index in [0.29, 0.717) is 28.1 Å². The highest BCUT2D eigenvalue weighted by Crippen LogP contribution is 2.46. The van der Waals surface area contributed by atoms with E-state index in [4.69, 9.17) is 20.2 Å². The Morgan fingerprint density at radius 3 is 2.53 bits per heavy atom. The summed E-state index contributed by atoms with van der Waals surface area (Å²) in [6.45, 7) is 5.26. The Kier molecular flexibility index (Phi) is 7.62. The van der Waals surface area contributed by atoms with Gasteiger partial charge in [0.05, 0.1) is 17.5 Å². The Morgan fingerprint density at radius 2 is 1.86 bits per heavy atom. The Labute approximate surface area is 251 Å². The van der Waals surface area contributed by atoms with Gasteiger partial charge in [-0.3, -0.25) is 9.59 Å². The molecule has 9 heteroatoms. The number of benzene rings is 2. The lowest BCUT2D eigenvalue weighted by atomic mass is 9.81. The quantitative estimate of drug-likeness (QED) is 0.304. The number of pyridine rings is 1. The number of nitrogens with two attached hydrogens (primary N) is 1. The third-order valence-corrected chi connectivity index (χ3v) is 8.92. The molecule has 0 unspecified atom stereocenters. The van der Waals surface area contributed by atoms with Crippen LogP contribution in [0.1, 0.15) is 80.4 Å². The summed E-state index contributed by atoms with van der Waals surface area (Å²) in [5, 5.41) is 11.7. The number of rotatable bonds is 10. The molecule has 3 aromatic rings. The minimum Gasteiger partial charge on any atom is -0.489 e. The van der Waals surface area contributed by atoms with Crippen LogP contribution in [0.5, 0.6) is 11.5 Å². The van der Waals surface area contributed by atoms with Crippen molar-refractivity contribution in [2.45, 2.75) is 75.9 Å². The molecule has 43 heavy (non-hydrogen) atoms. The zero-order chi connectivity index (χ0) is 30.4. The number of carbonyl (C=O) groups excluding carboxylic acids is 2. The summed E-state index contributed by atoms with van der Waals surface area (Å²) < 4.78 is 25.8. The molecule has 2 fully saturated rings. The molecule has 3 heterocycles. The highest BCUT2D eigenvalue weighted by atomic mass is 19.1. The third kappa shape index (κ3) is 5.83. The lowest BCUT2D eigenvalue weighted by Crippen LogP contribution is -2.40. The Balaban J connectivity index is 1.27. The summed E-state index contributed by atoms with van der Waals surface area (Å²) in [6, 6.07) is 13.1. The van der Waals surface area contributed by atoms with Crippen molar-refractivity contribution >= 4 is 17.4 Å². The zero-order valence-electron chi connectivity index (χ0n) is 24.7. The second kappa shape index (κ2) is 11.3. The van der Waals surface area contributed by atoms with Crippen molar-refractivity contribution < 1.29 is 28.6 Å². The second-order valence-corrected chi connectivity index (χ2v) is 12.5. The van der Waals surface area contributed by atoms with Gasteiger partial charge in [0.1, 0.15) is 40.6 Å². The van der Waals surface area contributed by atoms with Crippen molar-refractivity contribution in [1.82, 2.24) is 4.98 Å². The number of ketones is 1. The average molecular weight is 588 g/mol. The van der Waals surface area contributed by atoms with E-state index in [9.17, 15) is 19.1 Å². The summed E-state index contributed by atoms with van der Waals surface area (Å²) in [4.78, 5) is 33.0. The maximum absolute atomic E-state index is 13.7. The van der Waals surface area contributed by atoms with Crippen molar-refractivity contribution in [3.8, 4) is 22.8 Å². The molecule has 0 radical (unpaired) electrons. The molecule has 226 valence electrons. The van der Waals surface area contributed by atoms with Crippen LogP contribution in [-0.2, 0) is 15.8 Å². The predicted octanol–water partition coefficient (Wildman–Crippen LogP) is 5.43. The van der Waals surface area contributed by atoms with Crippen LogP contribution >= 0.6 is 0 Å². The van der Waals surface area contributed by atoms with Crippen LogP contribution in [-0.4, -0.2) is 47.6 Å². The van der Waals surface area contributed by atoms with Gasteiger partial charge >= 0.3 is 0 Å². The molecule has 1 saturated carbocycles. The standard InChI is InChI=1S/C34H38FN3O5/c1-33(32(36)40)20-42-31-25(33)19-29(37-30(31)21-6-9-23(35)10-7-21)34(2,41)15-14-27(39)22-8-13-26(38-16-4-3-5-17-38)28(18-22)43-24-11-12-24/h6-10,13,18-19,24,41H,3-5,11-12,14-17,20H2,1-2H3,(H2,36,40)/t33-,34-/m0/s1. The van der Waals surface area contributed by atoms with Gasteiger partial charge in [0, 0.05) is 36.2 Å². The van der Waals surface area contributed by atoms with Crippen LogP contribution in [0.2, 0.25) is 0 Å². The molecule has 2 atom stereocenters. The van der Waals surface area contributed by atoms with Gasteiger partial charge in [-0.1, -0.05) is 0 Å². The number of hydrogen-bond donors (Lipinski definition) is 2. The van der Waals surface area contributed by atoms with Crippen molar-refractivity contribution in [3.63, 3.8) is 0 Å². The minimum absolute atomic E-state index is 0.0241. The Bertz CT molecular complexity index is 1550. The van der Waals surface area contributed by atoms with Gasteiger partial charge in [-0.2, -0.15) is 0 Å². The van der Waals surface area contributed by atoms with E-state index in [1.165, 1.54) is 18.6 Å². The number of fused-ring (bicyclic) bond motifs is 1. The second-order valence-electron chi connectivity index (χ2n) is 12.5. The number of hydrogen-bond acceptors (Lipinski definition) is 7. The number of aliphatic hydroxyl groups is 1. The van der Waals surface area contributed by atoms with Gasteiger partial charge in [0.25, 0.3) is 0 Å². The zero-order valence-corrected chi connectivity index (χ0v) is 24.7. The fraction of sp³-hybridized carbons (Fsp3) is 0.441. The van der Waals surface area contributed by atoms with Gasteiger partial charge in [-0.15, -0.1) is 0 Å². The molecule has 0 spiro atoms. The molecule has 6 rings (SSSR count). The summed E-state index contributed by atoms with van der Waals surface area (Å²) in [6.07, 6.45) is 5.90. The number of halogens is 1. The molecule has 2 aromatic carbocycles. The lowest BCUT2D eigenvalue weighted by Gasteiger charge is -2.30. The highest BCUT2D eigenvalue weighted by Gasteiger charge is 2.45. The number of Topliss-reactive ketones (excluding diaryl/α,β-unsaturated/α-hetero) is 1.